The Labute approximate surface area is 192 Å². The van der Waals surface area contributed by atoms with Crippen LogP contribution in [0.5, 0.6) is 5.75 Å². The van der Waals surface area contributed by atoms with Crippen LogP contribution in [0.1, 0.15) is 33.9 Å². The molecule has 1 atom stereocenters. The summed E-state index contributed by atoms with van der Waals surface area (Å²) in [6, 6.07) is 9.34. The standard InChI is InChI=1S/C24H20F3N3O4/c1-13-10-17-19(22(31)30(13)12-14-4-3-9-29-11-14)18(20(21(28)34-17)23(32)33-2)15-5-7-16(8-6-15)24(25,26)27/h3-11,18H,12,28H2,1-2H3. The maximum Gasteiger partial charge on any atom is 0.416 e. The van der Waals surface area contributed by atoms with E-state index in [2.05, 4.69) is 4.98 Å². The molecule has 0 radical (unpaired) electrons. The Morgan fingerprint density at radius 2 is 1.94 bits per heavy atom. The molecule has 1 aliphatic heterocycles. The van der Waals surface area contributed by atoms with Crippen LogP contribution < -0.4 is 16.0 Å². The molecule has 1 aliphatic rings. The van der Waals surface area contributed by atoms with Crippen molar-refractivity contribution in [3.63, 3.8) is 0 Å². The Morgan fingerprint density at radius 3 is 2.53 bits per heavy atom. The second-order valence-electron chi connectivity index (χ2n) is 7.74. The van der Waals surface area contributed by atoms with Crippen molar-refractivity contribution in [2.75, 3.05) is 7.11 Å². The quantitative estimate of drug-likeness (QED) is 0.586. The lowest BCUT2D eigenvalue weighted by molar-refractivity contribution is -0.138. The van der Waals surface area contributed by atoms with E-state index >= 15 is 0 Å². The van der Waals surface area contributed by atoms with Gasteiger partial charge in [-0.2, -0.15) is 13.2 Å². The first-order valence-corrected chi connectivity index (χ1v) is 10.2. The number of ether oxygens (including phenoxy) is 2. The topological polar surface area (TPSA) is 96.4 Å². The molecule has 0 bridgehead atoms. The Hall–Kier alpha value is -4.08. The van der Waals surface area contributed by atoms with Crippen LogP contribution in [0.4, 0.5) is 13.2 Å². The van der Waals surface area contributed by atoms with Crippen molar-refractivity contribution >= 4 is 5.97 Å². The third kappa shape index (κ3) is 4.14. The monoisotopic (exact) mass is 471 g/mol. The largest absolute Gasteiger partial charge is 0.465 e. The van der Waals surface area contributed by atoms with Crippen LogP contribution in [0, 0.1) is 6.92 Å². The average molecular weight is 471 g/mol. The van der Waals surface area contributed by atoms with Crippen molar-refractivity contribution in [3.05, 3.63) is 105 Å². The second-order valence-corrected chi connectivity index (χ2v) is 7.74. The van der Waals surface area contributed by atoms with Crippen molar-refractivity contribution < 1.29 is 27.4 Å². The number of aryl methyl sites for hydroxylation is 1. The first-order valence-electron chi connectivity index (χ1n) is 10.2. The molecule has 34 heavy (non-hydrogen) atoms. The summed E-state index contributed by atoms with van der Waals surface area (Å²) in [5.74, 6) is -2.10. The number of fused-ring (bicyclic) bond motifs is 1. The number of hydrogen-bond acceptors (Lipinski definition) is 6. The van der Waals surface area contributed by atoms with Gasteiger partial charge in [0, 0.05) is 24.2 Å². The highest BCUT2D eigenvalue weighted by atomic mass is 19.4. The number of pyridine rings is 2. The lowest BCUT2D eigenvalue weighted by Gasteiger charge is -2.29. The number of methoxy groups -OCH3 is 1. The summed E-state index contributed by atoms with van der Waals surface area (Å²) in [5.41, 5.74) is 6.18. The molecular weight excluding hydrogens is 451 g/mol. The van der Waals surface area contributed by atoms with E-state index in [1.807, 2.05) is 0 Å². The summed E-state index contributed by atoms with van der Waals surface area (Å²) in [5, 5.41) is 0. The molecule has 1 unspecified atom stereocenters. The normalized spacial score (nSPS) is 15.5. The van der Waals surface area contributed by atoms with E-state index in [0.29, 0.717) is 5.69 Å². The van der Waals surface area contributed by atoms with Crippen LogP contribution in [0.15, 0.2) is 71.1 Å². The van der Waals surface area contributed by atoms with Crippen LogP contribution >= 0.6 is 0 Å². The number of benzene rings is 1. The summed E-state index contributed by atoms with van der Waals surface area (Å²) in [4.78, 5) is 30.4. The van der Waals surface area contributed by atoms with Gasteiger partial charge in [-0.25, -0.2) is 4.79 Å². The van der Waals surface area contributed by atoms with Crippen molar-refractivity contribution in [2.45, 2.75) is 25.6 Å². The van der Waals surface area contributed by atoms with Gasteiger partial charge in [-0.1, -0.05) is 18.2 Å². The minimum absolute atomic E-state index is 0.0730. The minimum atomic E-state index is -4.54. The molecule has 3 heterocycles. The second kappa shape index (κ2) is 8.69. The Morgan fingerprint density at radius 1 is 1.24 bits per heavy atom. The summed E-state index contributed by atoms with van der Waals surface area (Å²) < 4.78 is 51.3. The van der Waals surface area contributed by atoms with Gasteiger partial charge in [0.15, 0.2) is 0 Å². The zero-order chi connectivity index (χ0) is 24.6. The van der Waals surface area contributed by atoms with Crippen LogP contribution in [0.25, 0.3) is 0 Å². The number of carbonyl (C=O) groups excluding carboxylic acids is 1. The lowest BCUT2D eigenvalue weighted by atomic mass is 9.83. The zero-order valence-electron chi connectivity index (χ0n) is 18.2. The van der Waals surface area contributed by atoms with E-state index < -0.39 is 29.2 Å². The summed E-state index contributed by atoms with van der Waals surface area (Å²) in [6.07, 6.45) is -1.32. The van der Waals surface area contributed by atoms with E-state index in [4.69, 9.17) is 15.2 Å². The molecule has 0 spiro atoms. The molecule has 3 aromatic rings. The molecule has 0 amide bonds. The number of halogens is 3. The molecule has 10 heteroatoms. The van der Waals surface area contributed by atoms with E-state index in [1.165, 1.54) is 16.7 Å². The van der Waals surface area contributed by atoms with Gasteiger partial charge in [0.05, 0.1) is 30.7 Å². The van der Waals surface area contributed by atoms with Crippen LogP contribution in [0.3, 0.4) is 0 Å². The van der Waals surface area contributed by atoms with Gasteiger partial charge in [-0.05, 0) is 36.2 Å². The number of aromatic nitrogens is 2. The van der Waals surface area contributed by atoms with Gasteiger partial charge in [0.25, 0.3) is 5.56 Å². The van der Waals surface area contributed by atoms with E-state index in [9.17, 15) is 22.8 Å². The predicted molar refractivity (Wildman–Crippen MR) is 116 cm³/mol. The van der Waals surface area contributed by atoms with Crippen LogP contribution in [-0.2, 0) is 22.3 Å². The van der Waals surface area contributed by atoms with Crippen LogP contribution in [-0.4, -0.2) is 22.6 Å². The number of nitrogens with two attached hydrogens (primary N) is 1. The molecule has 7 nitrogen and oxygen atoms in total. The van der Waals surface area contributed by atoms with Gasteiger partial charge < -0.3 is 19.8 Å². The third-order valence-electron chi connectivity index (χ3n) is 5.61. The van der Waals surface area contributed by atoms with Crippen molar-refractivity contribution in [1.82, 2.24) is 9.55 Å². The number of esters is 1. The minimum Gasteiger partial charge on any atom is -0.465 e. The zero-order valence-corrected chi connectivity index (χ0v) is 18.2. The van der Waals surface area contributed by atoms with Gasteiger partial charge in [0.2, 0.25) is 5.88 Å². The molecule has 4 rings (SSSR count). The van der Waals surface area contributed by atoms with Gasteiger partial charge in [-0.15, -0.1) is 0 Å². The molecule has 0 fully saturated rings. The number of hydrogen-bond donors (Lipinski definition) is 1. The summed E-state index contributed by atoms with van der Waals surface area (Å²) in [6.45, 7) is 1.91. The van der Waals surface area contributed by atoms with Crippen molar-refractivity contribution in [2.24, 2.45) is 5.73 Å². The van der Waals surface area contributed by atoms with Gasteiger partial charge in [0.1, 0.15) is 11.3 Å². The molecule has 2 aromatic heterocycles. The first kappa shape index (κ1) is 23.1. The van der Waals surface area contributed by atoms with E-state index in [0.717, 1.165) is 24.8 Å². The predicted octanol–water partition coefficient (Wildman–Crippen LogP) is 3.49. The fraction of sp³-hybridized carbons (Fsp3) is 0.208. The summed E-state index contributed by atoms with van der Waals surface area (Å²) >= 11 is 0. The number of nitrogens with zero attached hydrogens (tertiary/aromatic N) is 2. The third-order valence-corrected chi connectivity index (χ3v) is 5.61. The van der Waals surface area contributed by atoms with E-state index in [-0.39, 0.29) is 34.9 Å². The number of rotatable bonds is 4. The van der Waals surface area contributed by atoms with E-state index in [1.54, 1.807) is 37.5 Å². The van der Waals surface area contributed by atoms with Crippen LogP contribution in [0.2, 0.25) is 0 Å². The highest BCUT2D eigenvalue weighted by molar-refractivity contribution is 5.92. The van der Waals surface area contributed by atoms with Crippen molar-refractivity contribution in [1.29, 1.82) is 0 Å². The molecule has 1 aromatic carbocycles. The fourth-order valence-electron chi connectivity index (χ4n) is 3.96. The molecule has 0 saturated carbocycles. The average Bonchev–Trinajstić information content (AvgIpc) is 2.80. The lowest BCUT2D eigenvalue weighted by Crippen LogP contribution is -2.35. The number of alkyl halides is 3. The first-order chi connectivity index (χ1) is 16.1. The fourth-order valence-corrected chi connectivity index (χ4v) is 3.96. The maximum absolute atomic E-state index is 13.7. The van der Waals surface area contributed by atoms with Gasteiger partial charge in [-0.3, -0.25) is 9.78 Å². The maximum atomic E-state index is 13.7. The highest BCUT2D eigenvalue weighted by Gasteiger charge is 2.39. The Balaban J connectivity index is 1.92. The Kier molecular flexibility index (Phi) is 5.90. The molecule has 2 N–H and O–H groups in total. The summed E-state index contributed by atoms with van der Waals surface area (Å²) in [7, 11) is 1.14. The molecule has 0 aliphatic carbocycles. The molecule has 176 valence electrons. The van der Waals surface area contributed by atoms with Crippen molar-refractivity contribution in [3.8, 4) is 5.75 Å². The highest BCUT2D eigenvalue weighted by Crippen LogP contribution is 2.42. The smallest absolute Gasteiger partial charge is 0.416 e. The Bertz CT molecular complexity index is 1330. The molecule has 0 saturated heterocycles. The molecular formula is C24H20F3N3O4. The number of carbonyl (C=O) groups is 1. The van der Waals surface area contributed by atoms with Gasteiger partial charge >= 0.3 is 12.1 Å². The SMILES string of the molecule is COC(=O)C1=C(N)Oc2cc(C)n(Cc3cccnc3)c(=O)c2C1c1ccc(C(F)(F)F)cc1.